The van der Waals surface area contributed by atoms with Crippen molar-refractivity contribution < 1.29 is 4.42 Å². The van der Waals surface area contributed by atoms with E-state index in [1.165, 1.54) is 32.7 Å². The van der Waals surface area contributed by atoms with Crippen LogP contribution < -0.4 is 0 Å². The highest BCUT2D eigenvalue weighted by Gasteiger charge is 2.21. The van der Waals surface area contributed by atoms with Crippen LogP contribution in [-0.4, -0.2) is 24.5 Å². The SMILES string of the molecule is c1ccc(-c2c3ccccc3cc3c2c2ccccc2n3-c2cccc3cc(-c4nc(-c5ccc6ccccc6c5)nc(-c5ccc6c(n5)oc5ccccc56)n4)ccc23)cc1. The number of furan rings is 1. The highest BCUT2D eigenvalue weighted by atomic mass is 16.3. The summed E-state index contributed by atoms with van der Waals surface area (Å²) in [5, 5.41) is 11.3. The molecule has 0 aliphatic carbocycles. The molecular formula is C56H33N5O. The average Bonchev–Trinajstić information content (AvgIpc) is 3.88. The first kappa shape index (κ1) is 34.4. The summed E-state index contributed by atoms with van der Waals surface area (Å²) in [6.45, 7) is 0. The lowest BCUT2D eigenvalue weighted by Gasteiger charge is -2.14. The third kappa shape index (κ3) is 5.37. The molecular weight excluding hydrogens is 759 g/mol. The highest BCUT2D eigenvalue weighted by Crippen LogP contribution is 2.44. The minimum absolute atomic E-state index is 0.473. The third-order valence-electron chi connectivity index (χ3n) is 12.2. The molecule has 288 valence electrons. The summed E-state index contributed by atoms with van der Waals surface area (Å²) in [4.78, 5) is 20.3. The Balaban J connectivity index is 1.01. The standard InChI is InChI=1S/C56H33N5O/c1-2-14-35(15-3-1)51-42-19-7-6-17-38(42)33-49-52(51)45-21-8-10-22-48(45)61(49)47-23-12-18-37-32-40(27-28-41(37)47)54-58-53(39-26-25-34-13-4-5-16-36(34)31-39)59-55(60-54)46-30-29-44-43-20-9-11-24-50(43)62-56(44)57-46/h1-33H. The Morgan fingerprint density at radius 1 is 0.355 bits per heavy atom. The molecule has 0 spiro atoms. The number of aromatic nitrogens is 5. The van der Waals surface area contributed by atoms with E-state index in [1.807, 2.05) is 30.3 Å². The third-order valence-corrected chi connectivity index (χ3v) is 12.2. The van der Waals surface area contributed by atoms with Crippen LogP contribution in [0, 0.1) is 0 Å². The Morgan fingerprint density at radius 2 is 0.984 bits per heavy atom. The van der Waals surface area contributed by atoms with E-state index in [-0.39, 0.29) is 0 Å². The molecule has 4 heterocycles. The number of rotatable bonds is 5. The molecule has 0 saturated carbocycles. The maximum absolute atomic E-state index is 6.20. The predicted octanol–water partition coefficient (Wildman–Crippen LogP) is 14.4. The van der Waals surface area contributed by atoms with Crippen molar-refractivity contribution in [1.82, 2.24) is 24.5 Å². The fourth-order valence-corrected chi connectivity index (χ4v) is 9.36. The van der Waals surface area contributed by atoms with Crippen molar-refractivity contribution in [3.63, 3.8) is 0 Å². The number of fused-ring (bicyclic) bond motifs is 9. The number of pyridine rings is 1. The van der Waals surface area contributed by atoms with Crippen LogP contribution in [0.5, 0.6) is 0 Å². The van der Waals surface area contributed by atoms with Gasteiger partial charge in [0, 0.05) is 38.1 Å². The Bertz CT molecular complexity index is 3940. The molecule has 0 saturated heterocycles. The van der Waals surface area contributed by atoms with Crippen LogP contribution in [0.1, 0.15) is 0 Å². The van der Waals surface area contributed by atoms with Gasteiger partial charge < -0.3 is 8.98 Å². The smallest absolute Gasteiger partial charge is 0.227 e. The second kappa shape index (κ2) is 13.5. The maximum atomic E-state index is 6.20. The van der Waals surface area contributed by atoms with E-state index in [1.54, 1.807) is 0 Å². The zero-order valence-corrected chi connectivity index (χ0v) is 33.2. The van der Waals surface area contributed by atoms with Crippen LogP contribution in [0.4, 0.5) is 0 Å². The van der Waals surface area contributed by atoms with E-state index in [2.05, 4.69) is 174 Å². The predicted molar refractivity (Wildman–Crippen MR) is 254 cm³/mol. The number of hydrogen-bond donors (Lipinski definition) is 0. The first-order valence-electron chi connectivity index (χ1n) is 20.8. The molecule has 0 fully saturated rings. The molecule has 6 heteroatoms. The van der Waals surface area contributed by atoms with Crippen molar-refractivity contribution in [3.8, 4) is 51.1 Å². The summed E-state index contributed by atoms with van der Waals surface area (Å²) < 4.78 is 8.64. The van der Waals surface area contributed by atoms with Crippen LogP contribution in [0.3, 0.4) is 0 Å². The fourth-order valence-electron chi connectivity index (χ4n) is 9.36. The normalized spacial score (nSPS) is 11.9. The van der Waals surface area contributed by atoms with E-state index in [0.717, 1.165) is 65.7 Å². The van der Waals surface area contributed by atoms with Gasteiger partial charge in [0.15, 0.2) is 17.5 Å². The Kier molecular flexibility index (Phi) is 7.50. The van der Waals surface area contributed by atoms with Crippen LogP contribution in [0.15, 0.2) is 205 Å². The van der Waals surface area contributed by atoms with Gasteiger partial charge in [-0.2, -0.15) is 0 Å². The highest BCUT2D eigenvalue weighted by molar-refractivity contribution is 6.23. The number of benzene rings is 9. The molecule has 62 heavy (non-hydrogen) atoms. The van der Waals surface area contributed by atoms with E-state index in [4.69, 9.17) is 24.4 Å². The Morgan fingerprint density at radius 3 is 1.84 bits per heavy atom. The average molecular weight is 792 g/mol. The van der Waals surface area contributed by atoms with Gasteiger partial charge in [-0.1, -0.05) is 152 Å². The lowest BCUT2D eigenvalue weighted by Crippen LogP contribution is -2.01. The first-order valence-corrected chi connectivity index (χ1v) is 20.8. The van der Waals surface area contributed by atoms with E-state index in [9.17, 15) is 0 Å². The monoisotopic (exact) mass is 791 g/mol. The molecule has 0 aliphatic rings. The second-order valence-corrected chi connectivity index (χ2v) is 15.8. The van der Waals surface area contributed by atoms with Gasteiger partial charge in [-0.25, -0.2) is 19.9 Å². The number of nitrogens with zero attached hydrogens (tertiary/aromatic N) is 5. The quantitative estimate of drug-likeness (QED) is 0.174. The Hall–Kier alpha value is -8.48. The first-order chi connectivity index (χ1) is 30.7. The lowest BCUT2D eigenvalue weighted by atomic mass is 9.93. The summed E-state index contributed by atoms with van der Waals surface area (Å²) in [5.74, 6) is 1.61. The maximum Gasteiger partial charge on any atom is 0.227 e. The zero-order chi connectivity index (χ0) is 40.7. The van der Waals surface area contributed by atoms with Gasteiger partial charge in [-0.3, -0.25) is 0 Å². The van der Waals surface area contributed by atoms with Crippen molar-refractivity contribution in [1.29, 1.82) is 0 Å². The fraction of sp³-hybridized carbons (Fsp3) is 0. The van der Waals surface area contributed by atoms with Crippen LogP contribution in [0.25, 0.3) is 127 Å². The Labute approximate surface area is 355 Å². The largest absolute Gasteiger partial charge is 0.438 e. The summed E-state index contributed by atoms with van der Waals surface area (Å²) in [6.07, 6.45) is 0. The molecule has 13 aromatic rings. The van der Waals surface area contributed by atoms with Crippen molar-refractivity contribution in [2.45, 2.75) is 0 Å². The number of para-hydroxylation sites is 2. The lowest BCUT2D eigenvalue weighted by molar-refractivity contribution is 0.654. The summed E-state index contributed by atoms with van der Waals surface area (Å²) in [6, 6.07) is 70.4. The van der Waals surface area contributed by atoms with Gasteiger partial charge in [-0.15, -0.1) is 0 Å². The number of hydrogen-bond acceptors (Lipinski definition) is 5. The summed E-state index contributed by atoms with van der Waals surface area (Å²) >= 11 is 0. The minimum atomic E-state index is 0.473. The van der Waals surface area contributed by atoms with Gasteiger partial charge in [0.25, 0.3) is 0 Å². The molecule has 4 aromatic heterocycles. The van der Waals surface area contributed by atoms with Crippen LogP contribution >= 0.6 is 0 Å². The molecule has 9 aromatic carbocycles. The molecule has 0 unspecified atom stereocenters. The molecule has 0 atom stereocenters. The molecule has 0 amide bonds. The molecule has 6 nitrogen and oxygen atoms in total. The van der Waals surface area contributed by atoms with Gasteiger partial charge >= 0.3 is 0 Å². The van der Waals surface area contributed by atoms with Crippen molar-refractivity contribution in [3.05, 3.63) is 200 Å². The van der Waals surface area contributed by atoms with E-state index >= 15 is 0 Å². The van der Waals surface area contributed by atoms with Gasteiger partial charge in [0.05, 0.1) is 16.7 Å². The topological polar surface area (TPSA) is 69.6 Å². The van der Waals surface area contributed by atoms with Crippen LogP contribution in [-0.2, 0) is 0 Å². The minimum Gasteiger partial charge on any atom is -0.438 e. The van der Waals surface area contributed by atoms with Crippen LogP contribution in [0.2, 0.25) is 0 Å². The zero-order valence-electron chi connectivity index (χ0n) is 33.2. The van der Waals surface area contributed by atoms with Crippen molar-refractivity contribution in [2.24, 2.45) is 0 Å². The summed E-state index contributed by atoms with van der Waals surface area (Å²) in [5.41, 5.74) is 9.60. The van der Waals surface area contributed by atoms with E-state index in [0.29, 0.717) is 28.9 Å². The molecule has 0 N–H and O–H groups in total. The van der Waals surface area contributed by atoms with Gasteiger partial charge in [0.2, 0.25) is 5.71 Å². The summed E-state index contributed by atoms with van der Waals surface area (Å²) in [7, 11) is 0. The molecule has 0 aliphatic heterocycles. The van der Waals surface area contributed by atoms with Gasteiger partial charge in [0.1, 0.15) is 11.3 Å². The molecule has 0 bridgehead atoms. The van der Waals surface area contributed by atoms with Crippen molar-refractivity contribution >= 4 is 76.2 Å². The van der Waals surface area contributed by atoms with Crippen molar-refractivity contribution in [2.75, 3.05) is 0 Å². The van der Waals surface area contributed by atoms with Gasteiger partial charge in [-0.05, 0) is 86.6 Å². The second-order valence-electron chi connectivity index (χ2n) is 15.8. The molecule has 0 radical (unpaired) electrons. The van der Waals surface area contributed by atoms with E-state index < -0.39 is 0 Å². The molecule has 13 rings (SSSR count).